The first-order chi connectivity index (χ1) is 8.50. The third-order valence-electron chi connectivity index (χ3n) is 4.71. The summed E-state index contributed by atoms with van der Waals surface area (Å²) < 4.78 is 0. The van der Waals surface area contributed by atoms with Crippen LogP contribution in [-0.4, -0.2) is 35.3 Å². The number of hydrogen-bond acceptors (Lipinski definition) is 2. The molecule has 2 fully saturated rings. The molecule has 4 heteroatoms. The molecule has 4 nitrogen and oxygen atoms in total. The normalized spacial score (nSPS) is 36.9. The Morgan fingerprint density at radius 2 is 2.17 bits per heavy atom. The highest BCUT2D eigenvalue weighted by atomic mass is 16.2. The van der Waals surface area contributed by atoms with E-state index in [0.29, 0.717) is 24.9 Å². The summed E-state index contributed by atoms with van der Waals surface area (Å²) in [5.41, 5.74) is -0.707. The summed E-state index contributed by atoms with van der Waals surface area (Å²) in [7, 11) is 0. The zero-order valence-corrected chi connectivity index (χ0v) is 11.0. The number of allylic oxidation sites excluding steroid dienone is 2. The number of carbonyl (C=O) groups excluding carboxylic acids is 2. The predicted octanol–water partition coefficient (Wildman–Crippen LogP) is 0.936. The summed E-state index contributed by atoms with van der Waals surface area (Å²) in [6.45, 7) is 4.88. The maximum Gasteiger partial charge on any atom is 0.245 e. The zero-order valence-electron chi connectivity index (χ0n) is 11.0. The van der Waals surface area contributed by atoms with Crippen LogP contribution in [0, 0.1) is 17.8 Å². The van der Waals surface area contributed by atoms with Gasteiger partial charge in [-0.3, -0.25) is 9.59 Å². The Labute approximate surface area is 107 Å². The smallest absolute Gasteiger partial charge is 0.245 e. The van der Waals surface area contributed by atoms with E-state index < -0.39 is 5.54 Å². The molecule has 2 aliphatic carbocycles. The third-order valence-corrected chi connectivity index (χ3v) is 4.71. The molecule has 0 aromatic carbocycles. The van der Waals surface area contributed by atoms with Crippen molar-refractivity contribution >= 4 is 11.8 Å². The topological polar surface area (TPSA) is 49.4 Å². The van der Waals surface area contributed by atoms with Crippen LogP contribution in [0.3, 0.4) is 0 Å². The van der Waals surface area contributed by atoms with E-state index in [-0.39, 0.29) is 17.7 Å². The highest BCUT2D eigenvalue weighted by Gasteiger charge is 2.47. The summed E-state index contributed by atoms with van der Waals surface area (Å²) in [6, 6.07) is 0. The van der Waals surface area contributed by atoms with E-state index in [1.54, 1.807) is 4.90 Å². The molecule has 1 heterocycles. The lowest BCUT2D eigenvalue weighted by Gasteiger charge is -2.43. The minimum atomic E-state index is -0.707. The van der Waals surface area contributed by atoms with Gasteiger partial charge < -0.3 is 10.2 Å². The van der Waals surface area contributed by atoms with Crippen molar-refractivity contribution < 1.29 is 9.59 Å². The van der Waals surface area contributed by atoms with E-state index in [4.69, 9.17) is 0 Å². The monoisotopic (exact) mass is 248 g/mol. The van der Waals surface area contributed by atoms with Gasteiger partial charge in [-0.2, -0.15) is 0 Å². The van der Waals surface area contributed by atoms with E-state index in [1.807, 2.05) is 13.8 Å². The van der Waals surface area contributed by atoms with Gasteiger partial charge >= 0.3 is 0 Å². The van der Waals surface area contributed by atoms with Crippen molar-refractivity contribution in [1.29, 1.82) is 0 Å². The second-order valence-corrected chi connectivity index (χ2v) is 6.19. The van der Waals surface area contributed by atoms with Crippen LogP contribution in [0.2, 0.25) is 0 Å². The first-order valence-corrected chi connectivity index (χ1v) is 6.78. The van der Waals surface area contributed by atoms with Crippen LogP contribution in [-0.2, 0) is 9.59 Å². The van der Waals surface area contributed by atoms with E-state index in [1.165, 1.54) is 0 Å². The number of nitrogens with one attached hydrogen (secondary N) is 1. The first-order valence-electron chi connectivity index (χ1n) is 6.78. The van der Waals surface area contributed by atoms with Crippen LogP contribution in [0.25, 0.3) is 0 Å². The number of carbonyl (C=O) groups is 2. The number of amides is 2. The number of hydrogen-bond donors (Lipinski definition) is 1. The van der Waals surface area contributed by atoms with E-state index in [2.05, 4.69) is 17.5 Å². The molecule has 18 heavy (non-hydrogen) atoms. The zero-order chi connectivity index (χ0) is 12.9. The third kappa shape index (κ3) is 1.58. The lowest BCUT2D eigenvalue weighted by Crippen LogP contribution is -2.64. The Kier molecular flexibility index (Phi) is 2.50. The van der Waals surface area contributed by atoms with Gasteiger partial charge in [0.1, 0.15) is 5.54 Å². The molecule has 98 valence electrons. The quantitative estimate of drug-likeness (QED) is 0.702. The molecular weight excluding hydrogens is 228 g/mol. The number of piperazine rings is 1. The lowest BCUT2D eigenvalue weighted by atomic mass is 9.89. The highest BCUT2D eigenvalue weighted by Crippen LogP contribution is 2.44. The largest absolute Gasteiger partial charge is 0.352 e. The second kappa shape index (κ2) is 3.84. The SMILES string of the molecule is CC1(C)C(=O)NCCN1C(=O)C1CC2C=CC1C2. The van der Waals surface area contributed by atoms with Crippen molar-refractivity contribution in [3.63, 3.8) is 0 Å². The fourth-order valence-corrected chi connectivity index (χ4v) is 3.55. The summed E-state index contributed by atoms with van der Waals surface area (Å²) in [5.74, 6) is 1.23. The van der Waals surface area contributed by atoms with Crippen molar-refractivity contribution in [1.82, 2.24) is 10.2 Å². The Balaban J connectivity index is 1.80. The molecular formula is C14H20N2O2. The molecule has 3 rings (SSSR count). The average molecular weight is 248 g/mol. The van der Waals surface area contributed by atoms with Gasteiger partial charge in [-0.25, -0.2) is 0 Å². The van der Waals surface area contributed by atoms with Crippen LogP contribution in [0.4, 0.5) is 0 Å². The Morgan fingerprint density at radius 3 is 2.78 bits per heavy atom. The minimum absolute atomic E-state index is 0.0409. The number of rotatable bonds is 1. The second-order valence-electron chi connectivity index (χ2n) is 6.19. The van der Waals surface area contributed by atoms with Crippen LogP contribution in [0.5, 0.6) is 0 Å². The van der Waals surface area contributed by atoms with E-state index in [0.717, 1.165) is 12.8 Å². The fourth-order valence-electron chi connectivity index (χ4n) is 3.55. The fraction of sp³-hybridized carbons (Fsp3) is 0.714. The van der Waals surface area contributed by atoms with Gasteiger partial charge in [-0.1, -0.05) is 12.2 Å². The Hall–Kier alpha value is -1.32. The molecule has 0 spiro atoms. The summed E-state index contributed by atoms with van der Waals surface area (Å²) in [5, 5.41) is 2.83. The van der Waals surface area contributed by atoms with Gasteiger partial charge in [0.05, 0.1) is 0 Å². The minimum Gasteiger partial charge on any atom is -0.352 e. The predicted molar refractivity (Wildman–Crippen MR) is 67.6 cm³/mol. The molecule has 3 atom stereocenters. The number of fused-ring (bicyclic) bond motifs is 2. The molecule has 2 amide bonds. The molecule has 3 aliphatic rings. The maximum atomic E-state index is 12.7. The van der Waals surface area contributed by atoms with Gasteiger partial charge in [-0.05, 0) is 38.5 Å². The van der Waals surface area contributed by atoms with Crippen molar-refractivity contribution in [2.24, 2.45) is 17.8 Å². The molecule has 1 saturated carbocycles. The molecule has 2 bridgehead atoms. The van der Waals surface area contributed by atoms with Crippen LogP contribution in [0.1, 0.15) is 26.7 Å². The van der Waals surface area contributed by atoms with Crippen molar-refractivity contribution in [2.75, 3.05) is 13.1 Å². The van der Waals surface area contributed by atoms with Crippen LogP contribution >= 0.6 is 0 Å². The number of nitrogens with zero attached hydrogens (tertiary/aromatic N) is 1. The Bertz CT molecular complexity index is 428. The molecule has 1 N–H and O–H groups in total. The van der Waals surface area contributed by atoms with E-state index >= 15 is 0 Å². The standard InChI is InChI=1S/C14H20N2O2/c1-14(2)13(18)15-5-6-16(14)12(17)11-8-9-3-4-10(11)7-9/h3-4,9-11H,5-8H2,1-2H3,(H,15,18). The van der Waals surface area contributed by atoms with Gasteiger partial charge in [-0.15, -0.1) is 0 Å². The van der Waals surface area contributed by atoms with Gasteiger partial charge in [0.25, 0.3) is 0 Å². The summed E-state index contributed by atoms with van der Waals surface area (Å²) >= 11 is 0. The summed E-state index contributed by atoms with van der Waals surface area (Å²) in [4.78, 5) is 26.3. The maximum absolute atomic E-state index is 12.7. The van der Waals surface area contributed by atoms with Gasteiger partial charge in [0, 0.05) is 19.0 Å². The highest BCUT2D eigenvalue weighted by molar-refractivity contribution is 5.92. The Morgan fingerprint density at radius 1 is 1.39 bits per heavy atom. The molecule has 1 aliphatic heterocycles. The molecule has 3 unspecified atom stereocenters. The van der Waals surface area contributed by atoms with Gasteiger partial charge in [0.15, 0.2) is 0 Å². The lowest BCUT2D eigenvalue weighted by molar-refractivity contribution is -0.152. The molecule has 0 radical (unpaired) electrons. The van der Waals surface area contributed by atoms with Crippen LogP contribution < -0.4 is 5.32 Å². The van der Waals surface area contributed by atoms with Crippen molar-refractivity contribution in [2.45, 2.75) is 32.2 Å². The van der Waals surface area contributed by atoms with Crippen LogP contribution in [0.15, 0.2) is 12.2 Å². The molecule has 1 saturated heterocycles. The van der Waals surface area contributed by atoms with Crippen molar-refractivity contribution in [3.8, 4) is 0 Å². The van der Waals surface area contributed by atoms with Gasteiger partial charge in [0.2, 0.25) is 11.8 Å². The first kappa shape index (κ1) is 11.8. The van der Waals surface area contributed by atoms with E-state index in [9.17, 15) is 9.59 Å². The van der Waals surface area contributed by atoms with Crippen molar-refractivity contribution in [3.05, 3.63) is 12.2 Å². The average Bonchev–Trinajstić information content (AvgIpc) is 2.93. The molecule has 0 aromatic heterocycles. The molecule has 0 aromatic rings. The summed E-state index contributed by atoms with van der Waals surface area (Å²) in [6.07, 6.45) is 6.52.